The maximum absolute atomic E-state index is 13.6. The summed E-state index contributed by atoms with van der Waals surface area (Å²) < 4.78 is 2.15. The molecule has 2 saturated heterocycles. The van der Waals surface area contributed by atoms with Gasteiger partial charge in [0.05, 0.1) is 10.5 Å². The summed E-state index contributed by atoms with van der Waals surface area (Å²) in [6.07, 6.45) is 7.77. The normalized spacial score (nSPS) is 18.6. The van der Waals surface area contributed by atoms with Crippen molar-refractivity contribution >= 4 is 51.7 Å². The standard InChI is InChI=1S/C25H33N5O2S2/c1-4-6-7-8-11-30-24(32)20(34-25(30)33)17-19-22(28-15-13-27(5-2)14-16-28)26-21-18(3)10-9-12-29(21)23(19)31/h9-10,12,17H,4-8,11,13-16H2,1-3H3. The van der Waals surface area contributed by atoms with E-state index in [4.69, 9.17) is 17.2 Å². The molecule has 0 radical (unpaired) electrons. The van der Waals surface area contributed by atoms with Crippen LogP contribution in [0.1, 0.15) is 50.7 Å². The Hall–Kier alpha value is -2.23. The van der Waals surface area contributed by atoms with Gasteiger partial charge in [0, 0.05) is 38.9 Å². The summed E-state index contributed by atoms with van der Waals surface area (Å²) in [6, 6.07) is 3.81. The Morgan fingerprint density at radius 3 is 2.59 bits per heavy atom. The molecule has 2 aromatic rings. The molecule has 0 aliphatic carbocycles. The number of piperazine rings is 1. The molecule has 182 valence electrons. The summed E-state index contributed by atoms with van der Waals surface area (Å²) in [7, 11) is 0. The fourth-order valence-corrected chi connectivity index (χ4v) is 5.75. The number of hydrogen-bond acceptors (Lipinski definition) is 7. The van der Waals surface area contributed by atoms with Crippen LogP contribution in [-0.4, -0.2) is 68.7 Å². The number of likely N-dealkylation sites (N-methyl/N-ethyl adjacent to an activating group) is 1. The molecule has 0 N–H and O–H groups in total. The number of aromatic nitrogens is 2. The number of pyridine rings is 1. The molecule has 7 nitrogen and oxygen atoms in total. The van der Waals surface area contributed by atoms with Crippen molar-refractivity contribution in [2.45, 2.75) is 46.5 Å². The third kappa shape index (κ3) is 5.06. The van der Waals surface area contributed by atoms with E-state index in [9.17, 15) is 9.59 Å². The van der Waals surface area contributed by atoms with Gasteiger partial charge in [0.1, 0.15) is 15.8 Å². The molecule has 0 unspecified atom stereocenters. The summed E-state index contributed by atoms with van der Waals surface area (Å²) >= 11 is 6.80. The van der Waals surface area contributed by atoms with Gasteiger partial charge >= 0.3 is 0 Å². The number of carbonyl (C=O) groups is 1. The van der Waals surface area contributed by atoms with Crippen molar-refractivity contribution in [2.24, 2.45) is 0 Å². The van der Waals surface area contributed by atoms with E-state index in [2.05, 4.69) is 23.6 Å². The first-order valence-electron chi connectivity index (χ1n) is 12.2. The lowest BCUT2D eigenvalue weighted by molar-refractivity contribution is -0.122. The Morgan fingerprint density at radius 1 is 1.12 bits per heavy atom. The van der Waals surface area contributed by atoms with Crippen molar-refractivity contribution in [3.05, 3.63) is 44.7 Å². The van der Waals surface area contributed by atoms with Gasteiger partial charge in [-0.2, -0.15) is 0 Å². The van der Waals surface area contributed by atoms with Crippen LogP contribution in [0.3, 0.4) is 0 Å². The van der Waals surface area contributed by atoms with Gasteiger partial charge in [0.2, 0.25) is 0 Å². The molecule has 2 aliphatic rings. The molecule has 0 spiro atoms. The second-order valence-corrected chi connectivity index (χ2v) is 10.5. The topological polar surface area (TPSA) is 61.2 Å². The van der Waals surface area contributed by atoms with E-state index in [0.29, 0.717) is 32.8 Å². The van der Waals surface area contributed by atoms with E-state index in [-0.39, 0.29) is 11.5 Å². The molecule has 4 heterocycles. The summed E-state index contributed by atoms with van der Waals surface area (Å²) in [5.74, 6) is 0.547. The Bertz CT molecular complexity index is 1170. The molecular formula is C25H33N5O2S2. The summed E-state index contributed by atoms with van der Waals surface area (Å²) in [5.41, 5.74) is 1.90. The molecule has 2 aromatic heterocycles. The smallest absolute Gasteiger partial charge is 0.267 e. The number of fused-ring (bicyclic) bond motifs is 1. The molecule has 2 aliphatic heterocycles. The number of rotatable bonds is 8. The van der Waals surface area contributed by atoms with Gasteiger partial charge in [-0.05, 0) is 37.6 Å². The molecule has 9 heteroatoms. The van der Waals surface area contributed by atoms with Crippen molar-refractivity contribution in [1.29, 1.82) is 0 Å². The van der Waals surface area contributed by atoms with Gasteiger partial charge in [0.15, 0.2) is 0 Å². The first-order valence-corrected chi connectivity index (χ1v) is 13.4. The van der Waals surface area contributed by atoms with E-state index < -0.39 is 0 Å². The van der Waals surface area contributed by atoms with Gasteiger partial charge < -0.3 is 9.80 Å². The fourth-order valence-electron chi connectivity index (χ4n) is 4.46. The van der Waals surface area contributed by atoms with Crippen molar-refractivity contribution < 1.29 is 4.79 Å². The first-order chi connectivity index (χ1) is 16.4. The summed E-state index contributed by atoms with van der Waals surface area (Å²) in [5, 5.41) is 0. The van der Waals surface area contributed by atoms with Gasteiger partial charge in [-0.25, -0.2) is 4.98 Å². The van der Waals surface area contributed by atoms with Crippen LogP contribution in [0.4, 0.5) is 5.82 Å². The van der Waals surface area contributed by atoms with Crippen LogP contribution in [0.2, 0.25) is 0 Å². The monoisotopic (exact) mass is 499 g/mol. The zero-order valence-electron chi connectivity index (χ0n) is 20.2. The summed E-state index contributed by atoms with van der Waals surface area (Å²) in [6.45, 7) is 11.4. The Labute approximate surface area is 210 Å². The van der Waals surface area contributed by atoms with Gasteiger partial charge in [-0.3, -0.25) is 18.9 Å². The largest absolute Gasteiger partial charge is 0.353 e. The van der Waals surface area contributed by atoms with Crippen molar-refractivity contribution in [2.75, 3.05) is 44.2 Å². The highest BCUT2D eigenvalue weighted by Crippen LogP contribution is 2.34. The van der Waals surface area contributed by atoms with Crippen LogP contribution < -0.4 is 10.5 Å². The molecule has 4 rings (SSSR count). The van der Waals surface area contributed by atoms with E-state index in [1.165, 1.54) is 11.8 Å². The quantitative estimate of drug-likeness (QED) is 0.310. The highest BCUT2D eigenvalue weighted by molar-refractivity contribution is 8.26. The first kappa shape index (κ1) is 24.9. The van der Waals surface area contributed by atoms with Gasteiger partial charge in [-0.15, -0.1) is 0 Å². The predicted octanol–water partition coefficient (Wildman–Crippen LogP) is 3.93. The lowest BCUT2D eigenvalue weighted by atomic mass is 10.2. The number of amides is 1. The molecule has 0 saturated carbocycles. The van der Waals surface area contributed by atoms with Crippen LogP contribution >= 0.6 is 24.0 Å². The van der Waals surface area contributed by atoms with Crippen LogP contribution in [0.15, 0.2) is 28.0 Å². The molecular weight excluding hydrogens is 466 g/mol. The average Bonchev–Trinajstić information content (AvgIpc) is 3.11. The molecule has 2 fully saturated rings. The Kier molecular flexibility index (Phi) is 8.06. The minimum atomic E-state index is -0.158. The van der Waals surface area contributed by atoms with Gasteiger partial charge in [0.25, 0.3) is 11.5 Å². The minimum absolute atomic E-state index is 0.109. The van der Waals surface area contributed by atoms with E-state index in [1.54, 1.807) is 21.6 Å². The Balaban J connectivity index is 1.72. The second-order valence-electron chi connectivity index (χ2n) is 8.85. The van der Waals surface area contributed by atoms with Crippen LogP contribution in [0, 0.1) is 6.92 Å². The number of thioether (sulfide) groups is 1. The fraction of sp³-hybridized carbons (Fsp3) is 0.520. The van der Waals surface area contributed by atoms with E-state index in [1.807, 2.05) is 19.1 Å². The zero-order valence-corrected chi connectivity index (χ0v) is 21.9. The van der Waals surface area contributed by atoms with Crippen molar-refractivity contribution in [3.63, 3.8) is 0 Å². The minimum Gasteiger partial charge on any atom is -0.353 e. The van der Waals surface area contributed by atoms with Gasteiger partial charge in [-0.1, -0.05) is 63.2 Å². The summed E-state index contributed by atoms with van der Waals surface area (Å²) in [4.78, 5) is 38.5. The van der Waals surface area contributed by atoms with E-state index in [0.717, 1.165) is 64.0 Å². The second kappa shape index (κ2) is 11.0. The molecule has 0 aromatic carbocycles. The number of hydrogen-bond donors (Lipinski definition) is 0. The number of anilines is 1. The molecule has 0 atom stereocenters. The molecule has 34 heavy (non-hydrogen) atoms. The van der Waals surface area contributed by atoms with Crippen LogP contribution in [0.5, 0.6) is 0 Å². The molecule has 0 bridgehead atoms. The number of thiocarbonyl (C=S) groups is 1. The third-order valence-electron chi connectivity index (χ3n) is 6.57. The maximum Gasteiger partial charge on any atom is 0.267 e. The highest BCUT2D eigenvalue weighted by atomic mass is 32.2. The molecule has 1 amide bonds. The highest BCUT2D eigenvalue weighted by Gasteiger charge is 2.32. The van der Waals surface area contributed by atoms with Crippen molar-refractivity contribution in [3.8, 4) is 0 Å². The Morgan fingerprint density at radius 2 is 1.88 bits per heavy atom. The van der Waals surface area contributed by atoms with Crippen LogP contribution in [-0.2, 0) is 4.79 Å². The number of aryl methyl sites for hydroxylation is 1. The zero-order chi connectivity index (χ0) is 24.2. The predicted molar refractivity (Wildman–Crippen MR) is 145 cm³/mol. The van der Waals surface area contributed by atoms with E-state index >= 15 is 0 Å². The lowest BCUT2D eigenvalue weighted by Crippen LogP contribution is -2.47. The number of carbonyl (C=O) groups excluding carboxylic acids is 1. The number of nitrogens with zero attached hydrogens (tertiary/aromatic N) is 5. The SMILES string of the molecule is CCCCCCN1C(=O)C(=Cc2c(N3CCN(CC)CC3)nc3c(C)cccn3c2=O)SC1=S. The lowest BCUT2D eigenvalue weighted by Gasteiger charge is -2.35. The third-order valence-corrected chi connectivity index (χ3v) is 7.95. The van der Waals surface area contributed by atoms with Crippen molar-refractivity contribution in [1.82, 2.24) is 19.2 Å². The van der Waals surface area contributed by atoms with Crippen LogP contribution in [0.25, 0.3) is 11.7 Å². The maximum atomic E-state index is 13.6. The average molecular weight is 500 g/mol. The number of unbranched alkanes of at least 4 members (excludes halogenated alkanes) is 3.